The van der Waals surface area contributed by atoms with Gasteiger partial charge in [-0.3, -0.25) is 4.79 Å². The Kier molecular flexibility index (Phi) is 8.07. The van der Waals surface area contributed by atoms with E-state index in [0.29, 0.717) is 25.0 Å². The average molecular weight is 270 g/mol. The van der Waals surface area contributed by atoms with Crippen molar-refractivity contribution in [2.24, 2.45) is 5.92 Å². The van der Waals surface area contributed by atoms with Crippen LogP contribution in [-0.4, -0.2) is 50.2 Å². The summed E-state index contributed by atoms with van der Waals surface area (Å²) in [6.45, 7) is 7.82. The van der Waals surface area contributed by atoms with Gasteiger partial charge in [-0.25, -0.2) is 0 Å². The lowest BCUT2D eigenvalue weighted by Crippen LogP contribution is -2.40. The maximum absolute atomic E-state index is 12.3. The lowest BCUT2D eigenvalue weighted by Gasteiger charge is -2.29. The van der Waals surface area contributed by atoms with Crippen LogP contribution in [0.1, 0.15) is 46.0 Å². The van der Waals surface area contributed by atoms with Crippen molar-refractivity contribution in [3.8, 4) is 0 Å². The summed E-state index contributed by atoms with van der Waals surface area (Å²) in [5.74, 6) is 1.02. The molecule has 0 aliphatic carbocycles. The average Bonchev–Trinajstić information content (AvgIpc) is 2.46. The van der Waals surface area contributed by atoms with Crippen molar-refractivity contribution in [3.05, 3.63) is 0 Å². The van der Waals surface area contributed by atoms with Crippen LogP contribution in [0.5, 0.6) is 0 Å². The minimum absolute atomic E-state index is 0.296. The molecular weight excluding hydrogens is 240 g/mol. The van der Waals surface area contributed by atoms with Gasteiger partial charge >= 0.3 is 0 Å². The van der Waals surface area contributed by atoms with E-state index in [9.17, 15) is 4.79 Å². The Bertz CT molecular complexity index is 253. The Morgan fingerprint density at radius 1 is 1.42 bits per heavy atom. The van der Waals surface area contributed by atoms with Crippen molar-refractivity contribution in [2.45, 2.75) is 52.0 Å². The molecular formula is C15H30N2O2. The number of ether oxygens (including phenoxy) is 1. The molecule has 4 heteroatoms. The summed E-state index contributed by atoms with van der Waals surface area (Å²) in [6, 6.07) is 0.315. The van der Waals surface area contributed by atoms with Crippen LogP contribution in [0.2, 0.25) is 0 Å². The Hall–Kier alpha value is -0.610. The van der Waals surface area contributed by atoms with Crippen molar-refractivity contribution < 1.29 is 9.53 Å². The number of piperidine rings is 1. The van der Waals surface area contributed by atoms with Crippen LogP contribution >= 0.6 is 0 Å². The van der Waals surface area contributed by atoms with Crippen LogP contribution in [0.25, 0.3) is 0 Å². The summed E-state index contributed by atoms with van der Waals surface area (Å²) in [5, 5.41) is 3.37. The van der Waals surface area contributed by atoms with Gasteiger partial charge in [0, 0.05) is 26.1 Å². The highest BCUT2D eigenvalue weighted by Gasteiger charge is 2.20. The molecule has 19 heavy (non-hydrogen) atoms. The molecule has 1 atom stereocenters. The zero-order valence-corrected chi connectivity index (χ0v) is 12.8. The van der Waals surface area contributed by atoms with Crippen molar-refractivity contribution >= 4 is 5.91 Å². The molecule has 0 aromatic heterocycles. The van der Waals surface area contributed by atoms with E-state index in [4.69, 9.17) is 4.74 Å². The van der Waals surface area contributed by atoms with E-state index in [-0.39, 0.29) is 0 Å². The Labute approximate surface area is 117 Å². The van der Waals surface area contributed by atoms with Crippen LogP contribution < -0.4 is 5.32 Å². The van der Waals surface area contributed by atoms with Crippen LogP contribution in [0, 0.1) is 5.92 Å². The molecule has 0 aromatic carbocycles. The second-order valence-electron chi connectivity index (χ2n) is 5.57. The summed E-state index contributed by atoms with van der Waals surface area (Å²) >= 11 is 0. The molecule has 1 aliphatic rings. The first-order valence-electron chi connectivity index (χ1n) is 7.68. The van der Waals surface area contributed by atoms with Gasteiger partial charge in [-0.1, -0.05) is 6.92 Å². The molecule has 4 nitrogen and oxygen atoms in total. The number of rotatable bonds is 8. The monoisotopic (exact) mass is 270 g/mol. The smallest absolute Gasteiger partial charge is 0.222 e. The van der Waals surface area contributed by atoms with Crippen molar-refractivity contribution in [1.29, 1.82) is 0 Å². The highest BCUT2D eigenvalue weighted by atomic mass is 16.5. The summed E-state index contributed by atoms with van der Waals surface area (Å²) in [6.07, 6.45) is 5.17. The van der Waals surface area contributed by atoms with Gasteiger partial charge in [-0.2, -0.15) is 0 Å². The van der Waals surface area contributed by atoms with Gasteiger partial charge in [0.1, 0.15) is 0 Å². The third kappa shape index (κ3) is 5.91. The van der Waals surface area contributed by atoms with Gasteiger partial charge in [0.2, 0.25) is 5.91 Å². The second kappa shape index (κ2) is 9.32. The first-order chi connectivity index (χ1) is 9.19. The van der Waals surface area contributed by atoms with E-state index in [1.54, 1.807) is 7.11 Å². The van der Waals surface area contributed by atoms with E-state index in [0.717, 1.165) is 38.4 Å². The number of nitrogens with zero attached hydrogens (tertiary/aromatic N) is 1. The van der Waals surface area contributed by atoms with Crippen LogP contribution in [0.3, 0.4) is 0 Å². The maximum atomic E-state index is 12.3. The van der Waals surface area contributed by atoms with Gasteiger partial charge < -0.3 is 15.0 Å². The standard InChI is InChI=1S/C15H30N2O2/c1-4-13(2)17(11-12-19-3)15(18)6-5-14-7-9-16-10-8-14/h13-14,16H,4-12H2,1-3H3. The minimum Gasteiger partial charge on any atom is -0.383 e. The van der Waals surface area contributed by atoms with E-state index in [1.807, 2.05) is 4.90 Å². The zero-order valence-electron chi connectivity index (χ0n) is 12.8. The minimum atomic E-state index is 0.296. The van der Waals surface area contributed by atoms with Crippen molar-refractivity contribution in [3.63, 3.8) is 0 Å². The molecule has 0 aromatic rings. The first-order valence-corrected chi connectivity index (χ1v) is 7.68. The molecule has 1 saturated heterocycles. The van der Waals surface area contributed by atoms with Crippen LogP contribution in [0.15, 0.2) is 0 Å². The highest BCUT2D eigenvalue weighted by Crippen LogP contribution is 2.19. The second-order valence-corrected chi connectivity index (χ2v) is 5.57. The van der Waals surface area contributed by atoms with E-state index in [2.05, 4.69) is 19.2 Å². The van der Waals surface area contributed by atoms with E-state index in [1.165, 1.54) is 12.8 Å². The van der Waals surface area contributed by atoms with Crippen LogP contribution in [0.4, 0.5) is 0 Å². The third-order valence-electron chi connectivity index (χ3n) is 4.20. The topological polar surface area (TPSA) is 41.6 Å². The fraction of sp³-hybridized carbons (Fsp3) is 0.933. The van der Waals surface area contributed by atoms with E-state index >= 15 is 0 Å². The molecule has 1 fully saturated rings. The maximum Gasteiger partial charge on any atom is 0.222 e. The molecule has 1 unspecified atom stereocenters. The summed E-state index contributed by atoms with van der Waals surface area (Å²) in [4.78, 5) is 14.3. The first kappa shape index (κ1) is 16.4. The summed E-state index contributed by atoms with van der Waals surface area (Å²) < 4.78 is 5.11. The number of methoxy groups -OCH3 is 1. The van der Waals surface area contributed by atoms with E-state index < -0.39 is 0 Å². The molecule has 1 heterocycles. The Morgan fingerprint density at radius 2 is 2.11 bits per heavy atom. The molecule has 0 saturated carbocycles. The number of hydrogen-bond acceptors (Lipinski definition) is 3. The van der Waals surface area contributed by atoms with Gasteiger partial charge in [-0.15, -0.1) is 0 Å². The molecule has 1 rings (SSSR count). The molecule has 1 aliphatic heterocycles. The van der Waals surface area contributed by atoms with Gasteiger partial charge in [0.15, 0.2) is 0 Å². The molecule has 0 radical (unpaired) electrons. The SMILES string of the molecule is CCC(C)N(CCOC)C(=O)CCC1CCNCC1. The molecule has 112 valence electrons. The number of nitrogens with one attached hydrogen (secondary N) is 1. The quantitative estimate of drug-likeness (QED) is 0.734. The van der Waals surface area contributed by atoms with Crippen LogP contribution in [-0.2, 0) is 9.53 Å². The largest absolute Gasteiger partial charge is 0.383 e. The lowest BCUT2D eigenvalue weighted by atomic mass is 9.93. The number of carbonyl (C=O) groups is 1. The summed E-state index contributed by atoms with van der Waals surface area (Å²) in [5.41, 5.74) is 0. The van der Waals surface area contributed by atoms with Gasteiger partial charge in [0.05, 0.1) is 6.61 Å². The lowest BCUT2D eigenvalue weighted by molar-refractivity contribution is -0.134. The molecule has 1 N–H and O–H groups in total. The van der Waals surface area contributed by atoms with Gasteiger partial charge in [-0.05, 0) is 51.6 Å². The zero-order chi connectivity index (χ0) is 14.1. The fourth-order valence-electron chi connectivity index (χ4n) is 2.64. The Balaban J connectivity index is 2.37. The normalized spacial score (nSPS) is 18.3. The number of carbonyl (C=O) groups excluding carboxylic acids is 1. The molecule has 0 spiro atoms. The predicted octanol–water partition coefficient (Wildman–Crippen LogP) is 2.04. The fourth-order valence-corrected chi connectivity index (χ4v) is 2.64. The summed E-state index contributed by atoms with van der Waals surface area (Å²) in [7, 11) is 1.69. The molecule has 1 amide bonds. The predicted molar refractivity (Wildman–Crippen MR) is 78.2 cm³/mol. The van der Waals surface area contributed by atoms with Crippen molar-refractivity contribution in [2.75, 3.05) is 33.4 Å². The highest BCUT2D eigenvalue weighted by molar-refractivity contribution is 5.76. The van der Waals surface area contributed by atoms with Gasteiger partial charge in [0.25, 0.3) is 0 Å². The Morgan fingerprint density at radius 3 is 2.68 bits per heavy atom. The van der Waals surface area contributed by atoms with Crippen molar-refractivity contribution in [1.82, 2.24) is 10.2 Å². The molecule has 0 bridgehead atoms. The third-order valence-corrected chi connectivity index (χ3v) is 4.20. The number of hydrogen-bond donors (Lipinski definition) is 1. The number of amides is 1.